The van der Waals surface area contributed by atoms with Gasteiger partial charge in [0.1, 0.15) is 5.75 Å². The van der Waals surface area contributed by atoms with Crippen LogP contribution in [0.25, 0.3) is 16.9 Å². The van der Waals surface area contributed by atoms with Crippen LogP contribution in [0, 0.1) is 6.92 Å². The van der Waals surface area contributed by atoms with Gasteiger partial charge >= 0.3 is 12.0 Å². The molecule has 0 saturated carbocycles. The lowest BCUT2D eigenvalue weighted by Crippen LogP contribution is -2.05. The van der Waals surface area contributed by atoms with Crippen molar-refractivity contribution in [3.63, 3.8) is 0 Å². The van der Waals surface area contributed by atoms with Crippen molar-refractivity contribution >= 4 is 5.97 Å². The SMILES string of the molecule is COc1ccc(-n2c(OCCCCCCCC(=O)O)nc(C)c2-c2ccccc2)cc1. The Balaban J connectivity index is 1.73. The Morgan fingerprint density at radius 3 is 2.32 bits per heavy atom. The number of hydrogen-bond donors (Lipinski definition) is 1. The van der Waals surface area contributed by atoms with Gasteiger partial charge in [-0.05, 0) is 44.0 Å². The number of rotatable bonds is 12. The fourth-order valence-electron chi connectivity index (χ4n) is 3.58. The Kier molecular flexibility index (Phi) is 8.10. The van der Waals surface area contributed by atoms with Crippen LogP contribution >= 0.6 is 0 Å². The maximum Gasteiger partial charge on any atom is 0.303 e. The molecular weight excluding hydrogens is 392 g/mol. The Bertz CT molecular complexity index is 965. The normalized spacial score (nSPS) is 10.8. The van der Waals surface area contributed by atoms with E-state index in [1.807, 2.05) is 49.4 Å². The fraction of sp³-hybridized carbons (Fsp3) is 0.360. The van der Waals surface area contributed by atoms with Crippen LogP contribution in [0.4, 0.5) is 0 Å². The number of carboxylic acid groups (broad SMARTS) is 1. The molecule has 3 aromatic rings. The molecule has 2 aromatic carbocycles. The van der Waals surface area contributed by atoms with E-state index in [-0.39, 0.29) is 6.42 Å². The molecule has 0 radical (unpaired) electrons. The second kappa shape index (κ2) is 11.2. The van der Waals surface area contributed by atoms with Gasteiger partial charge in [-0.2, -0.15) is 4.98 Å². The highest BCUT2D eigenvalue weighted by atomic mass is 16.5. The third-order valence-electron chi connectivity index (χ3n) is 5.16. The number of aliphatic carboxylic acids is 1. The van der Waals surface area contributed by atoms with Crippen LogP contribution in [0.1, 0.15) is 44.2 Å². The summed E-state index contributed by atoms with van der Waals surface area (Å²) in [5.74, 6) is 0.0745. The summed E-state index contributed by atoms with van der Waals surface area (Å²) < 4.78 is 13.5. The minimum Gasteiger partial charge on any atom is -0.497 e. The minimum atomic E-state index is -0.724. The number of carbonyl (C=O) groups is 1. The van der Waals surface area contributed by atoms with Gasteiger partial charge in [0.05, 0.1) is 30.8 Å². The largest absolute Gasteiger partial charge is 0.497 e. The quantitative estimate of drug-likeness (QED) is 0.381. The molecule has 1 aromatic heterocycles. The molecule has 0 fully saturated rings. The highest BCUT2D eigenvalue weighted by Crippen LogP contribution is 2.32. The molecule has 164 valence electrons. The Morgan fingerprint density at radius 2 is 1.65 bits per heavy atom. The average molecular weight is 423 g/mol. The molecule has 0 saturated heterocycles. The highest BCUT2D eigenvalue weighted by molar-refractivity contribution is 5.67. The minimum absolute atomic E-state index is 0.247. The van der Waals surface area contributed by atoms with E-state index >= 15 is 0 Å². The summed E-state index contributed by atoms with van der Waals surface area (Å²) in [6.07, 6.45) is 4.84. The second-order valence-electron chi connectivity index (χ2n) is 7.49. The number of carboxylic acids is 1. The third kappa shape index (κ3) is 6.10. The van der Waals surface area contributed by atoms with E-state index in [4.69, 9.17) is 19.6 Å². The zero-order chi connectivity index (χ0) is 22.1. The smallest absolute Gasteiger partial charge is 0.303 e. The van der Waals surface area contributed by atoms with Gasteiger partial charge in [0.2, 0.25) is 0 Å². The Labute approximate surface area is 183 Å². The van der Waals surface area contributed by atoms with Crippen molar-refractivity contribution in [2.24, 2.45) is 0 Å². The van der Waals surface area contributed by atoms with E-state index in [1.165, 1.54) is 0 Å². The van der Waals surface area contributed by atoms with Gasteiger partial charge in [-0.3, -0.25) is 9.36 Å². The van der Waals surface area contributed by atoms with Gasteiger partial charge in [0, 0.05) is 12.0 Å². The molecule has 0 bridgehead atoms. The predicted molar refractivity (Wildman–Crippen MR) is 121 cm³/mol. The zero-order valence-electron chi connectivity index (χ0n) is 18.2. The van der Waals surface area contributed by atoms with Crippen LogP contribution in [0.5, 0.6) is 11.8 Å². The number of aromatic nitrogens is 2. The van der Waals surface area contributed by atoms with Crippen molar-refractivity contribution in [1.29, 1.82) is 0 Å². The van der Waals surface area contributed by atoms with Gasteiger partial charge in [0.15, 0.2) is 0 Å². The van der Waals surface area contributed by atoms with Crippen LogP contribution in [-0.4, -0.2) is 34.3 Å². The standard InChI is InChI=1S/C25H30N2O4/c1-19-24(20-11-7-6-8-12-20)27(21-14-16-22(30-2)17-15-21)25(26-19)31-18-10-5-3-4-9-13-23(28)29/h6-8,11-12,14-17H,3-5,9-10,13,18H2,1-2H3,(H,28,29). The van der Waals surface area contributed by atoms with Crippen molar-refractivity contribution < 1.29 is 19.4 Å². The number of methoxy groups -OCH3 is 1. The first kappa shape index (κ1) is 22.4. The number of benzene rings is 2. The van der Waals surface area contributed by atoms with Gasteiger partial charge in [-0.15, -0.1) is 0 Å². The second-order valence-corrected chi connectivity index (χ2v) is 7.49. The first-order valence-corrected chi connectivity index (χ1v) is 10.7. The van der Waals surface area contributed by atoms with Gasteiger partial charge in [-0.25, -0.2) is 0 Å². The Hall–Kier alpha value is -3.28. The van der Waals surface area contributed by atoms with Gasteiger partial charge < -0.3 is 14.6 Å². The van der Waals surface area contributed by atoms with E-state index < -0.39 is 5.97 Å². The van der Waals surface area contributed by atoms with Gasteiger partial charge in [0.25, 0.3) is 0 Å². The number of aryl methyl sites for hydroxylation is 1. The molecule has 1 N–H and O–H groups in total. The number of nitrogens with zero attached hydrogens (tertiary/aromatic N) is 2. The van der Waals surface area contributed by atoms with E-state index in [0.717, 1.165) is 60.5 Å². The molecule has 6 nitrogen and oxygen atoms in total. The molecule has 0 aliphatic carbocycles. The summed E-state index contributed by atoms with van der Waals surface area (Å²) in [5, 5.41) is 8.70. The first-order chi connectivity index (χ1) is 15.1. The van der Waals surface area contributed by atoms with Crippen molar-refractivity contribution in [3.8, 4) is 28.7 Å². The molecule has 0 aliphatic rings. The molecule has 0 spiro atoms. The summed E-state index contributed by atoms with van der Waals surface area (Å²) in [6.45, 7) is 2.57. The zero-order valence-corrected chi connectivity index (χ0v) is 18.2. The molecule has 6 heteroatoms. The topological polar surface area (TPSA) is 73.6 Å². The lowest BCUT2D eigenvalue weighted by atomic mass is 10.1. The summed E-state index contributed by atoms with van der Waals surface area (Å²) in [7, 11) is 1.65. The molecule has 0 amide bonds. The molecule has 0 aliphatic heterocycles. The van der Waals surface area contributed by atoms with Crippen LogP contribution < -0.4 is 9.47 Å². The predicted octanol–water partition coefficient (Wildman–Crippen LogP) is 5.66. The fourth-order valence-corrected chi connectivity index (χ4v) is 3.58. The summed E-state index contributed by atoms with van der Waals surface area (Å²) in [5.41, 5.74) is 3.96. The monoisotopic (exact) mass is 422 g/mol. The van der Waals surface area contributed by atoms with E-state index in [0.29, 0.717) is 12.6 Å². The van der Waals surface area contributed by atoms with Crippen molar-refractivity contribution in [1.82, 2.24) is 9.55 Å². The number of imidazole rings is 1. The molecule has 0 atom stereocenters. The lowest BCUT2D eigenvalue weighted by Gasteiger charge is -2.13. The number of ether oxygens (including phenoxy) is 2. The number of unbranched alkanes of at least 4 members (excludes halogenated alkanes) is 4. The van der Waals surface area contributed by atoms with Crippen molar-refractivity contribution in [2.75, 3.05) is 13.7 Å². The maximum atomic E-state index is 10.6. The van der Waals surface area contributed by atoms with E-state index in [1.54, 1.807) is 7.11 Å². The van der Waals surface area contributed by atoms with Gasteiger partial charge in [-0.1, -0.05) is 49.6 Å². The van der Waals surface area contributed by atoms with Crippen LogP contribution in [-0.2, 0) is 4.79 Å². The van der Waals surface area contributed by atoms with Crippen molar-refractivity contribution in [3.05, 3.63) is 60.3 Å². The first-order valence-electron chi connectivity index (χ1n) is 10.7. The summed E-state index contributed by atoms with van der Waals surface area (Å²) >= 11 is 0. The highest BCUT2D eigenvalue weighted by Gasteiger charge is 2.18. The van der Waals surface area contributed by atoms with Crippen LogP contribution in [0.3, 0.4) is 0 Å². The molecular formula is C25H30N2O4. The lowest BCUT2D eigenvalue weighted by molar-refractivity contribution is -0.137. The Morgan fingerprint density at radius 1 is 0.968 bits per heavy atom. The van der Waals surface area contributed by atoms with Crippen molar-refractivity contribution in [2.45, 2.75) is 45.4 Å². The number of hydrogen-bond acceptors (Lipinski definition) is 4. The van der Waals surface area contributed by atoms with Crippen LogP contribution in [0.15, 0.2) is 54.6 Å². The summed E-state index contributed by atoms with van der Waals surface area (Å²) in [4.78, 5) is 15.3. The maximum absolute atomic E-state index is 10.6. The van der Waals surface area contributed by atoms with E-state index in [9.17, 15) is 4.79 Å². The molecule has 1 heterocycles. The van der Waals surface area contributed by atoms with E-state index in [2.05, 4.69) is 16.7 Å². The average Bonchev–Trinajstić information content (AvgIpc) is 3.11. The summed E-state index contributed by atoms with van der Waals surface area (Å²) in [6, 6.07) is 18.6. The van der Waals surface area contributed by atoms with Crippen LogP contribution in [0.2, 0.25) is 0 Å². The molecule has 3 rings (SSSR count). The molecule has 0 unspecified atom stereocenters. The molecule has 31 heavy (non-hydrogen) atoms. The third-order valence-corrected chi connectivity index (χ3v) is 5.16.